The second-order valence-corrected chi connectivity index (χ2v) is 5.35. The highest BCUT2D eigenvalue weighted by atomic mass is 79.9. The summed E-state index contributed by atoms with van der Waals surface area (Å²) < 4.78 is 6.09. The van der Waals surface area contributed by atoms with E-state index in [0.717, 1.165) is 30.5 Å². The lowest BCUT2D eigenvalue weighted by Crippen LogP contribution is -2.40. The summed E-state index contributed by atoms with van der Waals surface area (Å²) in [6.07, 6.45) is 1.78. The number of carbonyl (C=O) groups excluding carboxylic acids is 1. The zero-order chi connectivity index (χ0) is 13.1. The fraction of sp³-hybridized carbons (Fsp3) is 0.462. The van der Waals surface area contributed by atoms with E-state index >= 15 is 0 Å². The topological polar surface area (TPSA) is 55.6 Å². The molecule has 2 rings (SSSR count). The van der Waals surface area contributed by atoms with Gasteiger partial charge in [-0.3, -0.25) is 4.79 Å². The molecule has 0 unspecified atom stereocenters. The number of ether oxygens (including phenoxy) is 1. The predicted octanol–water partition coefficient (Wildman–Crippen LogP) is 2.28. The summed E-state index contributed by atoms with van der Waals surface area (Å²) in [7, 11) is 1.84. The van der Waals surface area contributed by atoms with E-state index in [1.54, 1.807) is 23.1 Å². The van der Waals surface area contributed by atoms with Crippen molar-refractivity contribution < 1.29 is 9.53 Å². The standard InChI is InChI=1S/C13H17BrN2O2/c1-16(10-4-6-18-7-5-10)13(17)11-8-9(15)2-3-12(11)14/h2-3,8,10H,4-7,15H2,1H3. The van der Waals surface area contributed by atoms with E-state index in [0.29, 0.717) is 11.3 Å². The normalized spacial score (nSPS) is 16.6. The Morgan fingerprint density at radius 2 is 2.11 bits per heavy atom. The molecule has 1 aromatic carbocycles. The predicted molar refractivity (Wildman–Crippen MR) is 74.5 cm³/mol. The summed E-state index contributed by atoms with van der Waals surface area (Å²) in [6, 6.07) is 5.54. The third kappa shape index (κ3) is 2.84. The summed E-state index contributed by atoms with van der Waals surface area (Å²) in [5.41, 5.74) is 6.95. The lowest BCUT2D eigenvalue weighted by Gasteiger charge is -2.31. The number of nitrogen functional groups attached to an aromatic ring is 1. The Hall–Kier alpha value is -1.07. The van der Waals surface area contributed by atoms with E-state index in [1.807, 2.05) is 7.05 Å². The molecule has 0 bridgehead atoms. The van der Waals surface area contributed by atoms with Gasteiger partial charge in [-0.05, 0) is 47.0 Å². The number of amides is 1. The zero-order valence-corrected chi connectivity index (χ0v) is 11.9. The molecule has 1 amide bonds. The summed E-state index contributed by atoms with van der Waals surface area (Å²) in [6.45, 7) is 1.45. The van der Waals surface area contributed by atoms with Gasteiger partial charge in [0.05, 0.1) is 5.56 Å². The van der Waals surface area contributed by atoms with Crippen LogP contribution in [-0.2, 0) is 4.74 Å². The van der Waals surface area contributed by atoms with Gasteiger partial charge < -0.3 is 15.4 Å². The van der Waals surface area contributed by atoms with E-state index in [2.05, 4.69) is 15.9 Å². The number of carbonyl (C=O) groups is 1. The Labute approximate surface area is 115 Å². The highest BCUT2D eigenvalue weighted by Gasteiger charge is 2.24. The first-order valence-electron chi connectivity index (χ1n) is 5.99. The van der Waals surface area contributed by atoms with Gasteiger partial charge in [-0.25, -0.2) is 0 Å². The molecular formula is C13H17BrN2O2. The van der Waals surface area contributed by atoms with E-state index in [9.17, 15) is 4.79 Å². The van der Waals surface area contributed by atoms with Crippen LogP contribution in [0, 0.1) is 0 Å². The van der Waals surface area contributed by atoms with Crippen molar-refractivity contribution in [2.75, 3.05) is 26.0 Å². The van der Waals surface area contributed by atoms with Crippen LogP contribution < -0.4 is 5.73 Å². The van der Waals surface area contributed by atoms with Gasteiger partial charge in [0.15, 0.2) is 0 Å². The first-order chi connectivity index (χ1) is 8.59. The van der Waals surface area contributed by atoms with Crippen LogP contribution >= 0.6 is 15.9 Å². The molecule has 98 valence electrons. The van der Waals surface area contributed by atoms with Crippen LogP contribution in [-0.4, -0.2) is 37.1 Å². The molecule has 0 aromatic heterocycles. The lowest BCUT2D eigenvalue weighted by molar-refractivity contribution is 0.0361. The molecule has 0 aliphatic carbocycles. The first kappa shape index (κ1) is 13.4. The SMILES string of the molecule is CN(C(=O)c1cc(N)ccc1Br)C1CCOCC1. The number of anilines is 1. The molecule has 0 saturated carbocycles. The van der Waals surface area contributed by atoms with Gasteiger partial charge in [0.1, 0.15) is 0 Å². The van der Waals surface area contributed by atoms with Crippen LogP contribution in [0.15, 0.2) is 22.7 Å². The van der Waals surface area contributed by atoms with E-state index in [1.165, 1.54) is 0 Å². The monoisotopic (exact) mass is 312 g/mol. The van der Waals surface area contributed by atoms with E-state index in [-0.39, 0.29) is 11.9 Å². The number of hydrogen-bond donors (Lipinski definition) is 1. The zero-order valence-electron chi connectivity index (χ0n) is 10.4. The highest BCUT2D eigenvalue weighted by molar-refractivity contribution is 9.10. The first-order valence-corrected chi connectivity index (χ1v) is 6.79. The van der Waals surface area contributed by atoms with Gasteiger partial charge in [-0.1, -0.05) is 0 Å². The van der Waals surface area contributed by atoms with Crippen molar-refractivity contribution in [2.24, 2.45) is 0 Å². The number of nitrogens with two attached hydrogens (primary N) is 1. The average Bonchev–Trinajstić information content (AvgIpc) is 2.41. The van der Waals surface area contributed by atoms with Crippen LogP contribution in [0.1, 0.15) is 23.2 Å². The van der Waals surface area contributed by atoms with Gasteiger partial charge in [-0.2, -0.15) is 0 Å². The Bertz CT molecular complexity index is 445. The lowest BCUT2D eigenvalue weighted by atomic mass is 10.1. The van der Waals surface area contributed by atoms with Crippen molar-refractivity contribution in [1.29, 1.82) is 0 Å². The van der Waals surface area contributed by atoms with Gasteiger partial charge in [0.25, 0.3) is 5.91 Å². The van der Waals surface area contributed by atoms with Gasteiger partial charge >= 0.3 is 0 Å². The maximum absolute atomic E-state index is 12.4. The van der Waals surface area contributed by atoms with Crippen molar-refractivity contribution >= 4 is 27.5 Å². The quantitative estimate of drug-likeness (QED) is 0.852. The van der Waals surface area contributed by atoms with Crippen LogP contribution in [0.3, 0.4) is 0 Å². The molecule has 5 heteroatoms. The molecule has 1 heterocycles. The Kier molecular flexibility index (Phi) is 4.24. The molecule has 1 aliphatic heterocycles. The van der Waals surface area contributed by atoms with Crippen molar-refractivity contribution in [3.8, 4) is 0 Å². The average molecular weight is 313 g/mol. The Morgan fingerprint density at radius 1 is 1.44 bits per heavy atom. The smallest absolute Gasteiger partial charge is 0.255 e. The maximum Gasteiger partial charge on any atom is 0.255 e. The van der Waals surface area contributed by atoms with E-state index in [4.69, 9.17) is 10.5 Å². The minimum Gasteiger partial charge on any atom is -0.399 e. The molecule has 2 N–H and O–H groups in total. The summed E-state index contributed by atoms with van der Waals surface area (Å²) in [5.74, 6) is 0.000995. The summed E-state index contributed by atoms with van der Waals surface area (Å²) in [5, 5.41) is 0. The van der Waals surface area contributed by atoms with Gasteiger partial charge in [0.2, 0.25) is 0 Å². The Balaban J connectivity index is 2.16. The second-order valence-electron chi connectivity index (χ2n) is 4.50. The molecule has 18 heavy (non-hydrogen) atoms. The molecule has 0 atom stereocenters. The fourth-order valence-corrected chi connectivity index (χ4v) is 2.55. The number of hydrogen-bond acceptors (Lipinski definition) is 3. The number of halogens is 1. The third-order valence-electron chi connectivity index (χ3n) is 3.28. The third-order valence-corrected chi connectivity index (χ3v) is 3.97. The minimum atomic E-state index is 0.000995. The molecule has 1 aliphatic rings. The second kappa shape index (κ2) is 5.71. The van der Waals surface area contributed by atoms with Gasteiger partial charge in [-0.15, -0.1) is 0 Å². The van der Waals surface area contributed by atoms with Crippen molar-refractivity contribution in [3.05, 3.63) is 28.2 Å². The number of rotatable bonds is 2. The number of benzene rings is 1. The molecule has 1 saturated heterocycles. The summed E-state index contributed by atoms with van der Waals surface area (Å²) in [4.78, 5) is 14.2. The molecule has 4 nitrogen and oxygen atoms in total. The maximum atomic E-state index is 12.4. The molecule has 0 radical (unpaired) electrons. The van der Waals surface area contributed by atoms with E-state index < -0.39 is 0 Å². The van der Waals surface area contributed by atoms with Crippen LogP contribution in [0.2, 0.25) is 0 Å². The van der Waals surface area contributed by atoms with Crippen molar-refractivity contribution in [2.45, 2.75) is 18.9 Å². The molecule has 0 spiro atoms. The highest BCUT2D eigenvalue weighted by Crippen LogP contribution is 2.23. The Morgan fingerprint density at radius 3 is 2.78 bits per heavy atom. The van der Waals surface area contributed by atoms with Crippen LogP contribution in [0.25, 0.3) is 0 Å². The fourth-order valence-electron chi connectivity index (χ4n) is 2.14. The molecule has 1 aromatic rings. The van der Waals surface area contributed by atoms with Crippen molar-refractivity contribution in [3.63, 3.8) is 0 Å². The summed E-state index contributed by atoms with van der Waals surface area (Å²) >= 11 is 3.40. The van der Waals surface area contributed by atoms with Crippen LogP contribution in [0.5, 0.6) is 0 Å². The van der Waals surface area contributed by atoms with Gasteiger partial charge in [0, 0.05) is 36.5 Å². The van der Waals surface area contributed by atoms with Crippen LogP contribution in [0.4, 0.5) is 5.69 Å². The molecular weight excluding hydrogens is 296 g/mol. The molecule has 1 fully saturated rings. The van der Waals surface area contributed by atoms with Crippen molar-refractivity contribution in [1.82, 2.24) is 4.90 Å². The number of nitrogens with zero attached hydrogens (tertiary/aromatic N) is 1. The minimum absolute atomic E-state index is 0.000995. The largest absolute Gasteiger partial charge is 0.399 e.